The summed E-state index contributed by atoms with van der Waals surface area (Å²) in [6, 6.07) is 14.0. The number of hydrogen-bond donors (Lipinski definition) is 0. The molecule has 3 aromatic carbocycles. The van der Waals surface area contributed by atoms with Crippen LogP contribution in [0.15, 0.2) is 36.4 Å². The van der Waals surface area contributed by atoms with Gasteiger partial charge in [0.05, 0.1) is 0 Å². The van der Waals surface area contributed by atoms with E-state index < -0.39 is 0 Å². The molecule has 0 heterocycles. The first-order valence-corrected chi connectivity index (χ1v) is 9.58. The van der Waals surface area contributed by atoms with Crippen LogP contribution in [-0.2, 0) is 21.7 Å². The van der Waals surface area contributed by atoms with Crippen molar-refractivity contribution in [1.82, 2.24) is 0 Å². The van der Waals surface area contributed by atoms with Gasteiger partial charge in [0.15, 0.2) is 0 Å². The molecule has 30 heavy (non-hydrogen) atoms. The molecule has 160 valence electrons. The van der Waals surface area contributed by atoms with Gasteiger partial charge in [0.1, 0.15) is 0 Å². The van der Waals surface area contributed by atoms with Crippen molar-refractivity contribution in [3.8, 4) is 0 Å². The molecule has 0 aliphatic heterocycles. The normalized spacial score (nSPS) is 9.90. The second kappa shape index (κ2) is 12.4. The fraction of sp³-hybridized carbons (Fsp3) is 0.346. The van der Waals surface area contributed by atoms with Crippen LogP contribution < -0.4 is 37.2 Å². The summed E-state index contributed by atoms with van der Waals surface area (Å²) in [4.78, 5) is 0. The molecule has 0 saturated carbocycles. The van der Waals surface area contributed by atoms with Gasteiger partial charge in [-0.15, -0.1) is 0 Å². The van der Waals surface area contributed by atoms with Crippen molar-refractivity contribution in [3.05, 3.63) is 97.6 Å². The summed E-state index contributed by atoms with van der Waals surface area (Å²) in [6.45, 7) is 17.9. The summed E-state index contributed by atoms with van der Waals surface area (Å²) in [5.74, 6) is 0.291. The van der Waals surface area contributed by atoms with Crippen LogP contribution in [0.2, 0.25) is 0 Å². The van der Waals surface area contributed by atoms with E-state index in [1.165, 1.54) is 61.2 Å². The first-order chi connectivity index (χ1) is 12.2. The zero-order valence-electron chi connectivity index (χ0n) is 19.2. The number of halogens is 3. The maximum Gasteiger partial charge on any atom is 4.00 e. The van der Waals surface area contributed by atoms with Crippen molar-refractivity contribution in [1.29, 1.82) is 0 Å². The quantitative estimate of drug-likeness (QED) is 0.292. The van der Waals surface area contributed by atoms with Crippen LogP contribution in [0, 0.1) is 55.4 Å². The maximum absolute atomic E-state index is 2.37. The van der Waals surface area contributed by atoms with Gasteiger partial charge in [-0.05, 0) is 38.8 Å². The number of aryl methyl sites for hydroxylation is 4. The van der Waals surface area contributed by atoms with E-state index >= 15 is 0 Å². The van der Waals surface area contributed by atoms with E-state index in [2.05, 4.69) is 91.8 Å². The summed E-state index contributed by atoms with van der Waals surface area (Å²) >= 11 is 0. The first kappa shape index (κ1) is 31.6. The van der Waals surface area contributed by atoms with E-state index in [1.807, 2.05) is 0 Å². The summed E-state index contributed by atoms with van der Waals surface area (Å²) in [5.41, 5.74) is 15.4. The molecule has 0 N–H and O–H groups in total. The van der Waals surface area contributed by atoms with Crippen molar-refractivity contribution in [2.75, 3.05) is 0 Å². The molecule has 0 atom stereocenters. The Balaban J connectivity index is 0. The Morgan fingerprint density at radius 3 is 1.17 bits per heavy atom. The van der Waals surface area contributed by atoms with Crippen LogP contribution in [0.1, 0.15) is 67.1 Å². The Kier molecular flexibility index (Phi) is 13.1. The second-order valence-corrected chi connectivity index (χ2v) is 8.19. The van der Waals surface area contributed by atoms with Gasteiger partial charge in [0.25, 0.3) is 0 Å². The molecule has 0 saturated heterocycles. The van der Waals surface area contributed by atoms with Crippen LogP contribution in [-0.4, -0.2) is 0 Å². The average Bonchev–Trinajstić information content (AvgIpc) is 2.71. The molecule has 0 unspecified atom stereocenters. The van der Waals surface area contributed by atoms with Crippen LogP contribution in [0.5, 0.6) is 0 Å². The van der Waals surface area contributed by atoms with Gasteiger partial charge in [-0.25, -0.2) is 0 Å². The molecule has 0 aliphatic rings. The molecule has 0 amide bonds. The molecular formula is C26H31Cl3Ti. The Morgan fingerprint density at radius 1 is 0.567 bits per heavy atom. The van der Waals surface area contributed by atoms with E-state index in [-0.39, 0.29) is 58.9 Å². The van der Waals surface area contributed by atoms with Gasteiger partial charge < -0.3 is 37.2 Å². The minimum absolute atomic E-state index is 0. The van der Waals surface area contributed by atoms with E-state index in [0.717, 1.165) is 0 Å². The monoisotopic (exact) mass is 496 g/mol. The second-order valence-electron chi connectivity index (χ2n) is 8.19. The van der Waals surface area contributed by atoms with E-state index in [1.54, 1.807) is 0 Å². The van der Waals surface area contributed by atoms with E-state index in [0.29, 0.717) is 5.92 Å². The van der Waals surface area contributed by atoms with E-state index in [4.69, 9.17) is 0 Å². The van der Waals surface area contributed by atoms with Crippen LogP contribution in [0.25, 0.3) is 0 Å². The van der Waals surface area contributed by atoms with Crippen molar-refractivity contribution in [3.63, 3.8) is 0 Å². The van der Waals surface area contributed by atoms with Crippen molar-refractivity contribution in [2.45, 2.75) is 61.3 Å². The summed E-state index contributed by atoms with van der Waals surface area (Å²) in [5, 5.41) is 0. The van der Waals surface area contributed by atoms with Crippen molar-refractivity contribution >= 4 is 0 Å². The molecule has 0 nitrogen and oxygen atoms in total. The van der Waals surface area contributed by atoms with Gasteiger partial charge in [-0.2, -0.15) is 27.8 Å². The Bertz CT molecular complexity index is 869. The average molecular weight is 498 g/mol. The predicted molar refractivity (Wildman–Crippen MR) is 114 cm³/mol. The third kappa shape index (κ3) is 6.21. The molecule has 0 radical (unpaired) electrons. The van der Waals surface area contributed by atoms with Crippen LogP contribution >= 0.6 is 0 Å². The van der Waals surface area contributed by atoms with Crippen LogP contribution in [0.4, 0.5) is 0 Å². The van der Waals surface area contributed by atoms with Gasteiger partial charge in [-0.3, -0.25) is 0 Å². The third-order valence-corrected chi connectivity index (χ3v) is 5.94. The topological polar surface area (TPSA) is 0 Å². The summed E-state index contributed by atoms with van der Waals surface area (Å²) in [7, 11) is 0. The molecule has 0 aliphatic carbocycles. The molecule has 0 aromatic heterocycles. The van der Waals surface area contributed by atoms with Gasteiger partial charge >= 0.3 is 21.7 Å². The fourth-order valence-corrected chi connectivity index (χ4v) is 4.56. The largest absolute Gasteiger partial charge is 4.00 e. The molecule has 0 spiro atoms. The molecule has 3 aromatic rings. The number of hydrogen-bond acceptors (Lipinski definition) is 0. The minimum atomic E-state index is 0. The summed E-state index contributed by atoms with van der Waals surface area (Å²) in [6.07, 6.45) is 0. The number of rotatable bonds is 3. The fourth-order valence-electron chi connectivity index (χ4n) is 4.56. The van der Waals surface area contributed by atoms with Crippen molar-refractivity contribution < 1.29 is 58.9 Å². The SMILES string of the molecule is Cc1cc(C)cc(C(c2cc(C)cc(C)c2)c2c(C)c(C)c(C)[c-]2C)c1.[Cl-].[Cl-].[Cl-].[Ti+4]. The minimum Gasteiger partial charge on any atom is -1.00 e. The Morgan fingerprint density at radius 2 is 0.900 bits per heavy atom. The van der Waals surface area contributed by atoms with Crippen molar-refractivity contribution in [2.24, 2.45) is 0 Å². The third-order valence-electron chi connectivity index (χ3n) is 5.94. The first-order valence-electron chi connectivity index (χ1n) is 9.58. The Labute approximate surface area is 216 Å². The molecule has 3 rings (SSSR count). The molecule has 0 fully saturated rings. The Hall–Kier alpha value is -0.626. The molecule has 4 heteroatoms. The number of benzene rings is 2. The zero-order valence-corrected chi connectivity index (χ0v) is 23.0. The standard InChI is InChI=1S/C26H31.3ClH.Ti/c1-15-9-16(2)12-23(11-15)26(24-13-17(3)10-18(4)14-24)25-21(7)19(5)20(6)22(25)8;;;;/h9-14,26H,1-8H3;3*1H;/q-1;;;;+4/p-3. The van der Waals surface area contributed by atoms with Gasteiger partial charge in [0, 0.05) is 5.92 Å². The van der Waals surface area contributed by atoms with Gasteiger partial charge in [-0.1, -0.05) is 86.3 Å². The zero-order chi connectivity index (χ0) is 19.2. The van der Waals surface area contributed by atoms with Gasteiger partial charge in [0.2, 0.25) is 0 Å². The van der Waals surface area contributed by atoms with E-state index in [9.17, 15) is 0 Å². The molecule has 0 bridgehead atoms. The smallest absolute Gasteiger partial charge is 1.00 e. The predicted octanol–water partition coefficient (Wildman–Crippen LogP) is -1.94. The van der Waals surface area contributed by atoms with Crippen LogP contribution in [0.3, 0.4) is 0 Å². The summed E-state index contributed by atoms with van der Waals surface area (Å²) < 4.78 is 0. The molecular weight excluding hydrogens is 467 g/mol. The maximum atomic E-state index is 2.37.